The fourth-order valence-electron chi connectivity index (χ4n) is 2.31. The van der Waals surface area contributed by atoms with Crippen molar-refractivity contribution in [1.82, 2.24) is 0 Å². The van der Waals surface area contributed by atoms with Crippen LogP contribution in [0.2, 0.25) is 0 Å². The molecule has 1 heterocycles. The van der Waals surface area contributed by atoms with Gasteiger partial charge in [0.2, 0.25) is 0 Å². The van der Waals surface area contributed by atoms with E-state index in [1.54, 1.807) is 0 Å². The number of carboxylic acid groups (broad SMARTS) is 1. The molecular weight excluding hydrogens is 204 g/mol. The topological polar surface area (TPSA) is 46.5 Å². The fraction of sp³-hybridized carbons (Fsp3) is 0.462. The van der Waals surface area contributed by atoms with Crippen LogP contribution in [-0.2, 0) is 28.2 Å². The van der Waals surface area contributed by atoms with Crippen molar-refractivity contribution in [1.29, 1.82) is 0 Å². The summed E-state index contributed by atoms with van der Waals surface area (Å²) in [5, 5.41) is 8.93. The third-order valence-electron chi connectivity index (χ3n) is 3.10. The minimum absolute atomic E-state index is 0.142. The predicted octanol–water partition coefficient (Wildman–Crippen LogP) is 2.47. The first-order valence-corrected chi connectivity index (χ1v) is 5.41. The molecule has 0 aromatic heterocycles. The third-order valence-corrected chi connectivity index (χ3v) is 3.10. The number of ether oxygens (including phenoxy) is 1. The first-order valence-electron chi connectivity index (χ1n) is 5.41. The van der Waals surface area contributed by atoms with Gasteiger partial charge in [-0.1, -0.05) is 32.0 Å². The molecule has 0 spiro atoms. The second-order valence-electron chi connectivity index (χ2n) is 4.89. The maximum absolute atomic E-state index is 10.9. The largest absolute Gasteiger partial charge is 0.481 e. The highest BCUT2D eigenvalue weighted by Gasteiger charge is 2.29. The zero-order valence-electron chi connectivity index (χ0n) is 9.62. The minimum atomic E-state index is -0.762. The van der Waals surface area contributed by atoms with Gasteiger partial charge in [0.25, 0.3) is 0 Å². The summed E-state index contributed by atoms with van der Waals surface area (Å²) in [7, 11) is 0. The van der Waals surface area contributed by atoms with E-state index in [2.05, 4.69) is 0 Å². The van der Waals surface area contributed by atoms with E-state index in [1.165, 1.54) is 11.1 Å². The zero-order valence-corrected chi connectivity index (χ0v) is 9.62. The highest BCUT2D eigenvalue weighted by atomic mass is 16.5. The van der Waals surface area contributed by atoms with E-state index < -0.39 is 5.97 Å². The molecule has 0 bridgehead atoms. The van der Waals surface area contributed by atoms with Crippen molar-refractivity contribution in [2.75, 3.05) is 0 Å². The van der Waals surface area contributed by atoms with Crippen LogP contribution in [0.4, 0.5) is 0 Å². The van der Waals surface area contributed by atoms with Gasteiger partial charge in [-0.25, -0.2) is 0 Å². The number of rotatable bonds is 3. The van der Waals surface area contributed by atoms with E-state index in [-0.39, 0.29) is 11.8 Å². The number of hydrogen-bond acceptors (Lipinski definition) is 2. The molecule has 0 saturated heterocycles. The average Bonchev–Trinajstić information content (AvgIpc) is 2.62. The van der Waals surface area contributed by atoms with Gasteiger partial charge in [-0.3, -0.25) is 4.79 Å². The van der Waals surface area contributed by atoms with Crippen molar-refractivity contribution in [2.45, 2.75) is 38.9 Å². The predicted molar refractivity (Wildman–Crippen MR) is 60.2 cm³/mol. The Bertz CT molecular complexity index is 421. The van der Waals surface area contributed by atoms with Crippen LogP contribution >= 0.6 is 0 Å². The van der Waals surface area contributed by atoms with Crippen LogP contribution in [0.25, 0.3) is 0 Å². The summed E-state index contributed by atoms with van der Waals surface area (Å²) >= 11 is 0. The molecule has 3 heteroatoms. The lowest BCUT2D eigenvalue weighted by Gasteiger charge is -2.25. The molecule has 1 aliphatic rings. The van der Waals surface area contributed by atoms with Crippen LogP contribution in [0.3, 0.4) is 0 Å². The summed E-state index contributed by atoms with van der Waals surface area (Å²) in [6.45, 7) is 5.19. The molecule has 0 fully saturated rings. The van der Waals surface area contributed by atoms with Gasteiger partial charge in [-0.2, -0.15) is 0 Å². The van der Waals surface area contributed by atoms with Crippen LogP contribution in [-0.4, -0.2) is 11.1 Å². The fourth-order valence-corrected chi connectivity index (χ4v) is 2.31. The van der Waals surface area contributed by atoms with E-state index >= 15 is 0 Å². The van der Waals surface area contributed by atoms with Crippen LogP contribution in [0, 0.1) is 0 Å². The van der Waals surface area contributed by atoms with E-state index in [0.29, 0.717) is 13.2 Å². The van der Waals surface area contributed by atoms with Gasteiger partial charge in [-0.15, -0.1) is 0 Å². The number of benzene rings is 1. The lowest BCUT2D eigenvalue weighted by Crippen LogP contribution is -2.23. The van der Waals surface area contributed by atoms with Crippen LogP contribution in [0.5, 0.6) is 0 Å². The van der Waals surface area contributed by atoms with Crippen molar-refractivity contribution < 1.29 is 14.6 Å². The number of carboxylic acids is 1. The van der Waals surface area contributed by atoms with Gasteiger partial charge in [0.15, 0.2) is 0 Å². The molecule has 1 aromatic carbocycles. The minimum Gasteiger partial charge on any atom is -0.481 e. The highest BCUT2D eigenvalue weighted by molar-refractivity contribution is 5.69. The Morgan fingerprint density at radius 2 is 2.19 bits per heavy atom. The van der Waals surface area contributed by atoms with E-state index in [9.17, 15) is 4.79 Å². The Balaban J connectivity index is 2.40. The monoisotopic (exact) mass is 220 g/mol. The maximum Gasteiger partial charge on any atom is 0.304 e. The standard InChI is InChI=1S/C13H16O3/c1-13(2,6-12(14)15)11-5-3-4-9-7-16-8-10(9)11/h3-5H,6-8H2,1-2H3,(H,14,15). The number of hydrogen-bond donors (Lipinski definition) is 1. The van der Waals surface area contributed by atoms with Gasteiger partial charge < -0.3 is 9.84 Å². The van der Waals surface area contributed by atoms with Crippen molar-refractivity contribution >= 4 is 5.97 Å². The molecule has 0 saturated carbocycles. The Kier molecular flexibility index (Phi) is 2.72. The molecule has 2 rings (SSSR count). The molecule has 86 valence electrons. The van der Waals surface area contributed by atoms with Gasteiger partial charge in [-0.05, 0) is 16.7 Å². The number of fused-ring (bicyclic) bond motifs is 1. The molecule has 0 aliphatic carbocycles. The Labute approximate surface area is 95.0 Å². The van der Waals surface area contributed by atoms with Crippen LogP contribution < -0.4 is 0 Å². The molecule has 3 nitrogen and oxygen atoms in total. The lowest BCUT2D eigenvalue weighted by atomic mass is 9.78. The first kappa shape index (κ1) is 11.1. The van der Waals surface area contributed by atoms with E-state index in [1.807, 2.05) is 32.0 Å². The van der Waals surface area contributed by atoms with Gasteiger partial charge in [0, 0.05) is 5.41 Å². The SMILES string of the molecule is CC(C)(CC(=O)O)c1cccc2c1COC2. The number of carbonyl (C=O) groups is 1. The average molecular weight is 220 g/mol. The lowest BCUT2D eigenvalue weighted by molar-refractivity contribution is -0.138. The highest BCUT2D eigenvalue weighted by Crippen LogP contribution is 2.34. The summed E-state index contributed by atoms with van der Waals surface area (Å²) in [6, 6.07) is 6.03. The van der Waals surface area contributed by atoms with Crippen molar-refractivity contribution in [3.63, 3.8) is 0 Å². The van der Waals surface area contributed by atoms with Crippen molar-refractivity contribution in [3.8, 4) is 0 Å². The summed E-state index contributed by atoms with van der Waals surface area (Å²) in [4.78, 5) is 10.9. The molecule has 1 aliphatic heterocycles. The molecule has 0 unspecified atom stereocenters. The summed E-state index contributed by atoms with van der Waals surface area (Å²) in [5.74, 6) is -0.762. The molecule has 1 aromatic rings. The van der Waals surface area contributed by atoms with E-state index in [4.69, 9.17) is 9.84 Å². The molecule has 16 heavy (non-hydrogen) atoms. The first-order chi connectivity index (χ1) is 7.50. The molecule has 1 N–H and O–H groups in total. The van der Waals surface area contributed by atoms with Crippen LogP contribution in [0.1, 0.15) is 37.0 Å². The molecule has 0 atom stereocenters. The summed E-state index contributed by atoms with van der Waals surface area (Å²) < 4.78 is 5.41. The Hall–Kier alpha value is -1.35. The Morgan fingerprint density at radius 1 is 1.44 bits per heavy atom. The van der Waals surface area contributed by atoms with Crippen LogP contribution in [0.15, 0.2) is 18.2 Å². The second-order valence-corrected chi connectivity index (χ2v) is 4.89. The molecule has 0 amide bonds. The maximum atomic E-state index is 10.9. The smallest absolute Gasteiger partial charge is 0.304 e. The second kappa shape index (κ2) is 3.91. The van der Waals surface area contributed by atoms with Gasteiger partial charge in [0.1, 0.15) is 0 Å². The normalized spacial score (nSPS) is 14.9. The Morgan fingerprint density at radius 3 is 2.88 bits per heavy atom. The zero-order chi connectivity index (χ0) is 11.8. The number of aliphatic carboxylic acids is 1. The van der Waals surface area contributed by atoms with Gasteiger partial charge in [0.05, 0.1) is 19.6 Å². The van der Waals surface area contributed by atoms with E-state index in [0.717, 1.165) is 5.56 Å². The van der Waals surface area contributed by atoms with Gasteiger partial charge >= 0.3 is 5.97 Å². The summed E-state index contributed by atoms with van der Waals surface area (Å²) in [5.41, 5.74) is 3.12. The third kappa shape index (κ3) is 1.95. The van der Waals surface area contributed by atoms with Crippen molar-refractivity contribution in [2.24, 2.45) is 0 Å². The molecular formula is C13H16O3. The molecule has 0 radical (unpaired) electrons. The summed E-state index contributed by atoms with van der Waals surface area (Å²) in [6.07, 6.45) is 0.142. The van der Waals surface area contributed by atoms with Crippen molar-refractivity contribution in [3.05, 3.63) is 34.9 Å². The quantitative estimate of drug-likeness (QED) is 0.851.